The van der Waals surface area contributed by atoms with Gasteiger partial charge in [0.1, 0.15) is 11.5 Å². The molecule has 4 rings (SSSR count). The van der Waals surface area contributed by atoms with Crippen LogP contribution in [0.3, 0.4) is 0 Å². The average molecular weight is 438 g/mol. The van der Waals surface area contributed by atoms with Crippen molar-refractivity contribution >= 4 is 15.8 Å². The van der Waals surface area contributed by atoms with E-state index in [1.54, 1.807) is 28.7 Å². The molecule has 0 atom stereocenters. The zero-order valence-corrected chi connectivity index (χ0v) is 18.7. The number of benzene rings is 1. The molecule has 0 bridgehead atoms. The van der Waals surface area contributed by atoms with Gasteiger partial charge in [0.05, 0.1) is 4.90 Å². The third-order valence-corrected chi connectivity index (χ3v) is 7.49. The van der Waals surface area contributed by atoms with Crippen LogP contribution in [-0.4, -0.2) is 40.8 Å². The molecule has 0 aliphatic carbocycles. The van der Waals surface area contributed by atoms with Gasteiger partial charge in [0.2, 0.25) is 10.0 Å². The number of aromatic nitrogens is 3. The summed E-state index contributed by atoms with van der Waals surface area (Å²) in [4.78, 5) is 13.9. The van der Waals surface area contributed by atoms with E-state index in [1.165, 1.54) is 0 Å². The van der Waals surface area contributed by atoms with Gasteiger partial charge in [-0.25, -0.2) is 18.4 Å². The summed E-state index contributed by atoms with van der Waals surface area (Å²) in [6.45, 7) is 5.57. The fourth-order valence-corrected chi connectivity index (χ4v) is 5.25. The standard InChI is InChI=1S/C23H27N5O2S/c1-17-18(2)26-23(21-11-4-5-12-24-21)27-22(17)25-16-19-9-8-10-20(15-19)31(29,30)28-13-6-3-7-14-28/h4-5,8-12,15H,3,6-7,13-14,16H2,1-2H3,(H,25,26,27). The van der Waals surface area contributed by atoms with E-state index in [0.717, 1.165) is 41.9 Å². The number of aryl methyl sites for hydroxylation is 1. The molecular formula is C23H27N5O2S. The predicted molar refractivity (Wildman–Crippen MR) is 121 cm³/mol. The molecule has 0 saturated carbocycles. The van der Waals surface area contributed by atoms with Gasteiger partial charge in [-0.05, 0) is 56.5 Å². The number of pyridine rings is 1. The molecule has 1 aliphatic rings. The summed E-state index contributed by atoms with van der Waals surface area (Å²) in [5.74, 6) is 1.28. The van der Waals surface area contributed by atoms with Crippen molar-refractivity contribution in [1.82, 2.24) is 19.3 Å². The maximum Gasteiger partial charge on any atom is 0.243 e. The molecule has 1 aliphatic heterocycles. The lowest BCUT2D eigenvalue weighted by molar-refractivity contribution is 0.346. The third kappa shape index (κ3) is 4.75. The van der Waals surface area contributed by atoms with E-state index in [1.807, 2.05) is 38.1 Å². The van der Waals surface area contributed by atoms with Crippen molar-refractivity contribution in [3.8, 4) is 11.5 Å². The van der Waals surface area contributed by atoms with Gasteiger partial charge >= 0.3 is 0 Å². The molecule has 0 spiro atoms. The number of rotatable bonds is 6. The first kappa shape index (κ1) is 21.4. The minimum Gasteiger partial charge on any atom is -0.366 e. The number of sulfonamides is 1. The van der Waals surface area contributed by atoms with Crippen LogP contribution in [0.1, 0.15) is 36.1 Å². The quantitative estimate of drug-likeness (QED) is 0.628. The first-order valence-corrected chi connectivity index (χ1v) is 12.0. The van der Waals surface area contributed by atoms with Gasteiger partial charge in [-0.15, -0.1) is 0 Å². The van der Waals surface area contributed by atoms with E-state index < -0.39 is 10.0 Å². The molecule has 1 fully saturated rings. The van der Waals surface area contributed by atoms with Gasteiger partial charge < -0.3 is 5.32 Å². The Bertz CT molecular complexity index is 1160. The number of nitrogens with zero attached hydrogens (tertiary/aromatic N) is 4. The second-order valence-electron chi connectivity index (χ2n) is 7.79. The fraction of sp³-hybridized carbons (Fsp3) is 0.348. The van der Waals surface area contributed by atoms with Gasteiger partial charge in [0.15, 0.2) is 5.82 Å². The lowest BCUT2D eigenvalue weighted by atomic mass is 10.2. The van der Waals surface area contributed by atoms with Crippen molar-refractivity contribution in [3.63, 3.8) is 0 Å². The molecule has 7 nitrogen and oxygen atoms in total. The highest BCUT2D eigenvalue weighted by atomic mass is 32.2. The zero-order valence-electron chi connectivity index (χ0n) is 17.9. The summed E-state index contributed by atoms with van der Waals surface area (Å²) < 4.78 is 27.6. The number of nitrogens with one attached hydrogen (secondary N) is 1. The SMILES string of the molecule is Cc1nc(-c2ccccn2)nc(NCc2cccc(S(=O)(=O)N3CCCCC3)c2)c1C. The van der Waals surface area contributed by atoms with E-state index in [9.17, 15) is 8.42 Å². The van der Waals surface area contributed by atoms with Crippen LogP contribution in [0.25, 0.3) is 11.5 Å². The van der Waals surface area contributed by atoms with Gasteiger partial charge in [-0.2, -0.15) is 4.31 Å². The Kier molecular flexibility index (Phi) is 6.29. The molecule has 1 aromatic carbocycles. The van der Waals surface area contributed by atoms with Crippen LogP contribution in [0.2, 0.25) is 0 Å². The Morgan fingerprint density at radius 2 is 1.81 bits per heavy atom. The topological polar surface area (TPSA) is 88.1 Å². The molecule has 1 saturated heterocycles. The van der Waals surface area contributed by atoms with E-state index >= 15 is 0 Å². The Balaban J connectivity index is 1.55. The predicted octanol–water partition coefficient (Wildman–Crippen LogP) is 3.94. The monoisotopic (exact) mass is 437 g/mol. The highest BCUT2D eigenvalue weighted by molar-refractivity contribution is 7.89. The summed E-state index contributed by atoms with van der Waals surface area (Å²) in [5.41, 5.74) is 3.42. The van der Waals surface area contributed by atoms with Crippen molar-refractivity contribution in [2.24, 2.45) is 0 Å². The summed E-state index contributed by atoms with van der Waals surface area (Å²) >= 11 is 0. The third-order valence-electron chi connectivity index (χ3n) is 5.59. The number of hydrogen-bond acceptors (Lipinski definition) is 6. The van der Waals surface area contributed by atoms with Crippen molar-refractivity contribution in [2.75, 3.05) is 18.4 Å². The molecule has 3 heterocycles. The van der Waals surface area contributed by atoms with E-state index in [2.05, 4.69) is 20.3 Å². The lowest BCUT2D eigenvalue weighted by Gasteiger charge is -2.26. The lowest BCUT2D eigenvalue weighted by Crippen LogP contribution is -2.35. The summed E-state index contributed by atoms with van der Waals surface area (Å²) in [6.07, 6.45) is 4.65. The van der Waals surface area contributed by atoms with Crippen molar-refractivity contribution in [3.05, 3.63) is 65.5 Å². The molecule has 0 amide bonds. The van der Waals surface area contributed by atoms with Crippen molar-refractivity contribution in [1.29, 1.82) is 0 Å². The van der Waals surface area contributed by atoms with Crippen LogP contribution in [0.5, 0.6) is 0 Å². The van der Waals surface area contributed by atoms with Crippen LogP contribution in [0.15, 0.2) is 53.6 Å². The second-order valence-corrected chi connectivity index (χ2v) is 9.72. The maximum absolute atomic E-state index is 13.0. The largest absolute Gasteiger partial charge is 0.366 e. The van der Waals surface area contributed by atoms with Gasteiger partial charge in [-0.3, -0.25) is 4.98 Å². The van der Waals surface area contributed by atoms with Crippen LogP contribution in [0, 0.1) is 13.8 Å². The van der Waals surface area contributed by atoms with E-state index in [4.69, 9.17) is 0 Å². The molecule has 2 aromatic heterocycles. The van der Waals surface area contributed by atoms with Crippen LogP contribution in [-0.2, 0) is 16.6 Å². The molecule has 162 valence electrons. The van der Waals surface area contributed by atoms with Gasteiger partial charge in [-0.1, -0.05) is 24.6 Å². The minimum atomic E-state index is -3.45. The highest BCUT2D eigenvalue weighted by Gasteiger charge is 2.26. The van der Waals surface area contributed by atoms with Crippen molar-refractivity contribution < 1.29 is 8.42 Å². The first-order chi connectivity index (χ1) is 14.9. The zero-order chi connectivity index (χ0) is 21.8. The first-order valence-electron chi connectivity index (χ1n) is 10.5. The number of piperidine rings is 1. The van der Waals surface area contributed by atoms with E-state index in [0.29, 0.717) is 36.0 Å². The smallest absolute Gasteiger partial charge is 0.243 e. The molecule has 1 N–H and O–H groups in total. The average Bonchev–Trinajstić information content (AvgIpc) is 2.81. The Morgan fingerprint density at radius 3 is 2.55 bits per heavy atom. The Labute approximate surface area is 183 Å². The molecule has 8 heteroatoms. The fourth-order valence-electron chi connectivity index (χ4n) is 3.67. The van der Waals surface area contributed by atoms with Crippen LogP contribution in [0.4, 0.5) is 5.82 Å². The minimum absolute atomic E-state index is 0.346. The molecular weight excluding hydrogens is 410 g/mol. The van der Waals surface area contributed by atoms with Crippen LogP contribution < -0.4 is 5.32 Å². The normalized spacial score (nSPS) is 15.0. The Hall–Kier alpha value is -2.84. The van der Waals surface area contributed by atoms with Crippen LogP contribution >= 0.6 is 0 Å². The molecule has 0 radical (unpaired) electrons. The molecule has 3 aromatic rings. The van der Waals surface area contributed by atoms with Gasteiger partial charge in [0, 0.05) is 37.1 Å². The second kappa shape index (κ2) is 9.11. The Morgan fingerprint density at radius 1 is 1.00 bits per heavy atom. The van der Waals surface area contributed by atoms with Gasteiger partial charge in [0.25, 0.3) is 0 Å². The molecule has 31 heavy (non-hydrogen) atoms. The van der Waals surface area contributed by atoms with E-state index in [-0.39, 0.29) is 0 Å². The number of anilines is 1. The molecule has 0 unspecified atom stereocenters. The maximum atomic E-state index is 13.0. The highest BCUT2D eigenvalue weighted by Crippen LogP contribution is 2.23. The summed E-state index contributed by atoms with van der Waals surface area (Å²) in [7, 11) is -3.45. The van der Waals surface area contributed by atoms with Crippen molar-refractivity contribution in [2.45, 2.75) is 44.6 Å². The summed E-state index contributed by atoms with van der Waals surface area (Å²) in [5, 5.41) is 3.35. The number of hydrogen-bond donors (Lipinski definition) is 1. The summed E-state index contributed by atoms with van der Waals surface area (Å²) in [6, 6.07) is 12.8.